The van der Waals surface area contributed by atoms with E-state index in [0.717, 1.165) is 14.8 Å². The molecular formula is C18H18IN3O2. The minimum Gasteiger partial charge on any atom is -0.326 e. The van der Waals surface area contributed by atoms with E-state index >= 15 is 0 Å². The van der Waals surface area contributed by atoms with Gasteiger partial charge in [0, 0.05) is 22.1 Å². The lowest BCUT2D eigenvalue weighted by molar-refractivity contribution is -0.124. The second-order valence-electron chi connectivity index (χ2n) is 5.15. The van der Waals surface area contributed by atoms with Crippen molar-refractivity contribution in [3.8, 4) is 0 Å². The lowest BCUT2D eigenvalue weighted by Gasteiger charge is -2.05. The molecule has 0 radical (unpaired) electrons. The van der Waals surface area contributed by atoms with Crippen molar-refractivity contribution in [1.82, 2.24) is 5.43 Å². The van der Waals surface area contributed by atoms with Crippen LogP contribution in [-0.4, -0.2) is 17.5 Å². The Morgan fingerprint density at radius 2 is 1.58 bits per heavy atom. The molecule has 6 heteroatoms. The molecule has 5 nitrogen and oxygen atoms in total. The van der Waals surface area contributed by atoms with Crippen molar-refractivity contribution in [1.29, 1.82) is 0 Å². The topological polar surface area (TPSA) is 70.6 Å². The Bertz CT molecular complexity index is 728. The van der Waals surface area contributed by atoms with Crippen molar-refractivity contribution in [2.24, 2.45) is 5.10 Å². The molecule has 0 aliphatic heterocycles. The molecule has 0 spiro atoms. The van der Waals surface area contributed by atoms with Crippen LogP contribution in [0.1, 0.15) is 25.3 Å². The molecule has 0 atom stereocenters. The van der Waals surface area contributed by atoms with E-state index in [1.807, 2.05) is 61.5 Å². The molecule has 0 saturated heterocycles. The number of halogens is 1. The van der Waals surface area contributed by atoms with E-state index in [-0.39, 0.29) is 24.7 Å². The van der Waals surface area contributed by atoms with E-state index in [1.54, 1.807) is 0 Å². The Kier molecular flexibility index (Phi) is 6.92. The van der Waals surface area contributed by atoms with Gasteiger partial charge in [-0.3, -0.25) is 9.59 Å². The molecule has 2 N–H and O–H groups in total. The van der Waals surface area contributed by atoms with Crippen LogP contribution in [0.5, 0.6) is 0 Å². The Morgan fingerprint density at radius 1 is 0.958 bits per heavy atom. The molecule has 2 aromatic carbocycles. The maximum absolute atomic E-state index is 11.8. The minimum atomic E-state index is -0.289. The Hall–Kier alpha value is -2.22. The molecular weight excluding hydrogens is 417 g/mol. The van der Waals surface area contributed by atoms with Gasteiger partial charge in [-0.25, -0.2) is 5.43 Å². The second-order valence-corrected chi connectivity index (χ2v) is 6.40. The third-order valence-corrected chi connectivity index (χ3v) is 3.97. The van der Waals surface area contributed by atoms with Gasteiger partial charge in [0.1, 0.15) is 0 Å². The molecule has 2 rings (SSSR count). The van der Waals surface area contributed by atoms with Crippen LogP contribution in [0.3, 0.4) is 0 Å². The van der Waals surface area contributed by atoms with Gasteiger partial charge in [-0.05, 0) is 59.3 Å². The predicted octanol–water partition coefficient (Wildman–Crippen LogP) is 3.55. The van der Waals surface area contributed by atoms with Gasteiger partial charge in [0.05, 0.1) is 5.71 Å². The van der Waals surface area contributed by atoms with E-state index in [4.69, 9.17) is 0 Å². The molecule has 0 saturated carbocycles. The van der Waals surface area contributed by atoms with Crippen molar-refractivity contribution in [3.63, 3.8) is 0 Å². The van der Waals surface area contributed by atoms with Crippen LogP contribution < -0.4 is 10.7 Å². The summed E-state index contributed by atoms with van der Waals surface area (Å²) in [6.45, 7) is 1.82. The average molecular weight is 435 g/mol. The van der Waals surface area contributed by atoms with E-state index in [9.17, 15) is 9.59 Å². The van der Waals surface area contributed by atoms with Gasteiger partial charge < -0.3 is 5.32 Å². The zero-order valence-corrected chi connectivity index (χ0v) is 15.4. The highest BCUT2D eigenvalue weighted by molar-refractivity contribution is 14.1. The summed E-state index contributed by atoms with van der Waals surface area (Å²) >= 11 is 2.20. The predicted molar refractivity (Wildman–Crippen MR) is 104 cm³/mol. The maximum atomic E-state index is 11.8. The summed E-state index contributed by atoms with van der Waals surface area (Å²) in [4.78, 5) is 23.6. The molecule has 124 valence electrons. The average Bonchev–Trinajstić information content (AvgIpc) is 2.60. The monoisotopic (exact) mass is 435 g/mol. The molecule has 0 unspecified atom stereocenters. The number of hydrogen-bond donors (Lipinski definition) is 2. The van der Waals surface area contributed by atoms with Gasteiger partial charge in [-0.2, -0.15) is 5.10 Å². The van der Waals surface area contributed by atoms with E-state index in [1.165, 1.54) is 0 Å². The first-order valence-electron chi connectivity index (χ1n) is 7.48. The summed E-state index contributed by atoms with van der Waals surface area (Å²) in [5, 5.41) is 6.81. The van der Waals surface area contributed by atoms with Crippen LogP contribution >= 0.6 is 22.6 Å². The summed E-state index contributed by atoms with van der Waals surface area (Å²) < 4.78 is 1.09. The third kappa shape index (κ3) is 6.11. The number of rotatable bonds is 6. The highest BCUT2D eigenvalue weighted by Gasteiger charge is 2.07. The quantitative estimate of drug-likeness (QED) is 0.414. The number of anilines is 1. The molecule has 0 bridgehead atoms. The molecule has 0 fully saturated rings. The zero-order chi connectivity index (χ0) is 17.4. The smallest absolute Gasteiger partial charge is 0.240 e. The number of nitrogens with zero attached hydrogens (tertiary/aromatic N) is 1. The van der Waals surface area contributed by atoms with Gasteiger partial charge in [0.2, 0.25) is 11.8 Å². The van der Waals surface area contributed by atoms with Gasteiger partial charge in [-0.1, -0.05) is 30.3 Å². The summed E-state index contributed by atoms with van der Waals surface area (Å²) in [6, 6.07) is 17.0. The van der Waals surface area contributed by atoms with Crippen LogP contribution in [0.4, 0.5) is 5.69 Å². The maximum Gasteiger partial charge on any atom is 0.240 e. The van der Waals surface area contributed by atoms with Crippen LogP contribution in [0.25, 0.3) is 0 Å². The normalized spacial score (nSPS) is 11.0. The van der Waals surface area contributed by atoms with E-state index in [0.29, 0.717) is 5.71 Å². The van der Waals surface area contributed by atoms with Gasteiger partial charge in [0.25, 0.3) is 0 Å². The van der Waals surface area contributed by atoms with Gasteiger partial charge in [-0.15, -0.1) is 0 Å². The van der Waals surface area contributed by atoms with Crippen LogP contribution in [0.2, 0.25) is 0 Å². The van der Waals surface area contributed by atoms with Gasteiger partial charge in [0.15, 0.2) is 0 Å². The Balaban J connectivity index is 1.76. The number of nitrogens with one attached hydrogen (secondary N) is 2. The molecule has 2 aromatic rings. The van der Waals surface area contributed by atoms with Crippen molar-refractivity contribution >= 4 is 45.8 Å². The van der Waals surface area contributed by atoms with Gasteiger partial charge >= 0.3 is 0 Å². The highest BCUT2D eigenvalue weighted by Crippen LogP contribution is 2.11. The summed E-state index contributed by atoms with van der Waals surface area (Å²) in [6.07, 6.45) is 0.194. The zero-order valence-electron chi connectivity index (χ0n) is 13.3. The SMILES string of the molecule is C/C(=N/NC(=O)CCC(=O)Nc1ccc(I)cc1)c1ccccc1. The minimum absolute atomic E-state index is 0.0851. The molecule has 24 heavy (non-hydrogen) atoms. The fourth-order valence-electron chi connectivity index (χ4n) is 1.93. The Morgan fingerprint density at radius 3 is 2.25 bits per heavy atom. The molecule has 2 amide bonds. The molecule has 0 aliphatic carbocycles. The van der Waals surface area contributed by atoms with Crippen molar-refractivity contribution < 1.29 is 9.59 Å². The van der Waals surface area contributed by atoms with Crippen molar-refractivity contribution in [2.75, 3.05) is 5.32 Å². The van der Waals surface area contributed by atoms with Crippen LogP contribution in [0.15, 0.2) is 59.7 Å². The number of benzene rings is 2. The molecule has 0 heterocycles. The number of hydrogen-bond acceptors (Lipinski definition) is 3. The highest BCUT2D eigenvalue weighted by atomic mass is 127. The van der Waals surface area contributed by atoms with Crippen molar-refractivity contribution in [3.05, 3.63) is 63.7 Å². The number of carbonyl (C=O) groups is 2. The summed E-state index contributed by atoms with van der Waals surface area (Å²) in [5.41, 5.74) is 4.85. The Labute approximate surface area is 154 Å². The molecule has 0 aromatic heterocycles. The first-order chi connectivity index (χ1) is 11.5. The largest absolute Gasteiger partial charge is 0.326 e. The van der Waals surface area contributed by atoms with E-state index < -0.39 is 0 Å². The number of amides is 2. The van der Waals surface area contributed by atoms with Crippen LogP contribution in [0, 0.1) is 3.57 Å². The standard InChI is InChI=1S/C18H18IN3O2/c1-13(14-5-3-2-4-6-14)21-22-18(24)12-11-17(23)20-16-9-7-15(19)8-10-16/h2-10H,11-12H2,1H3,(H,20,23)(H,22,24)/b21-13-. The lowest BCUT2D eigenvalue weighted by atomic mass is 10.1. The third-order valence-electron chi connectivity index (χ3n) is 3.25. The number of carbonyl (C=O) groups excluding carboxylic acids is 2. The second kappa shape index (κ2) is 9.17. The fourth-order valence-corrected chi connectivity index (χ4v) is 2.29. The molecule has 0 aliphatic rings. The summed E-state index contributed by atoms with van der Waals surface area (Å²) in [7, 11) is 0. The van der Waals surface area contributed by atoms with E-state index in [2.05, 4.69) is 38.4 Å². The summed E-state index contributed by atoms with van der Waals surface area (Å²) in [5.74, 6) is -0.488. The first kappa shape index (κ1) is 18.1. The number of hydrazone groups is 1. The van der Waals surface area contributed by atoms with Crippen molar-refractivity contribution in [2.45, 2.75) is 19.8 Å². The lowest BCUT2D eigenvalue weighted by Crippen LogP contribution is -2.21. The first-order valence-corrected chi connectivity index (χ1v) is 8.56. The fraction of sp³-hybridized carbons (Fsp3) is 0.167. The van der Waals surface area contributed by atoms with Crippen LogP contribution in [-0.2, 0) is 9.59 Å².